The Bertz CT molecular complexity index is 667. The first kappa shape index (κ1) is 16.7. The Morgan fingerprint density at radius 3 is 2.80 bits per heavy atom. The molecule has 2 aliphatic rings. The van der Waals surface area contributed by atoms with Gasteiger partial charge in [0.1, 0.15) is 0 Å². The van der Waals surface area contributed by atoms with Crippen molar-refractivity contribution in [2.24, 2.45) is 17.6 Å². The summed E-state index contributed by atoms with van der Waals surface area (Å²) < 4.78 is 7.47. The third-order valence-corrected chi connectivity index (χ3v) is 5.63. The van der Waals surface area contributed by atoms with Gasteiger partial charge < -0.3 is 15.8 Å². The quantitative estimate of drug-likeness (QED) is 0.866. The molecule has 0 saturated carbocycles. The molecule has 0 radical (unpaired) electrons. The summed E-state index contributed by atoms with van der Waals surface area (Å²) in [5.74, 6) is 0.969. The topological polar surface area (TPSA) is 78.0 Å². The molecule has 0 bridgehead atoms. The van der Waals surface area contributed by atoms with E-state index in [9.17, 15) is 0 Å². The zero-order valence-corrected chi connectivity index (χ0v) is 14.6. The van der Waals surface area contributed by atoms with E-state index in [2.05, 4.69) is 52.2 Å². The number of ether oxygens (including phenoxy) is 1. The van der Waals surface area contributed by atoms with Crippen LogP contribution < -0.4 is 11.1 Å². The number of benzene rings is 1. The smallest absolute Gasteiger partial charge is 0.0997 e. The molecule has 6 heteroatoms. The van der Waals surface area contributed by atoms with Crippen molar-refractivity contribution in [3.8, 4) is 0 Å². The summed E-state index contributed by atoms with van der Waals surface area (Å²) in [6.45, 7) is 3.56. The summed E-state index contributed by atoms with van der Waals surface area (Å²) in [5, 5.41) is 12.3. The van der Waals surface area contributed by atoms with Crippen molar-refractivity contribution < 1.29 is 4.74 Å². The number of hydrogen-bond acceptors (Lipinski definition) is 5. The van der Waals surface area contributed by atoms with Crippen LogP contribution in [0.25, 0.3) is 0 Å². The molecule has 3 heterocycles. The second kappa shape index (κ2) is 7.64. The number of aromatic nitrogens is 3. The number of nitrogens with one attached hydrogen (secondary N) is 1. The molecule has 1 aromatic heterocycles. The molecule has 1 aromatic carbocycles. The Kier molecular flexibility index (Phi) is 5.10. The summed E-state index contributed by atoms with van der Waals surface area (Å²) in [6.07, 6.45) is 5.14. The highest BCUT2D eigenvalue weighted by Crippen LogP contribution is 2.29. The molecule has 25 heavy (non-hydrogen) atoms. The van der Waals surface area contributed by atoms with Crippen molar-refractivity contribution in [2.45, 2.75) is 31.3 Å². The highest BCUT2D eigenvalue weighted by Gasteiger charge is 2.31. The molecule has 0 amide bonds. The molecule has 2 saturated heterocycles. The van der Waals surface area contributed by atoms with E-state index in [0.29, 0.717) is 17.9 Å². The number of hydrogen-bond donors (Lipinski definition) is 2. The Hall–Kier alpha value is -1.76. The van der Waals surface area contributed by atoms with Crippen LogP contribution in [0, 0.1) is 11.8 Å². The first-order valence-electron chi connectivity index (χ1n) is 9.31. The van der Waals surface area contributed by atoms with Crippen LogP contribution in [-0.4, -0.2) is 41.3 Å². The molecule has 2 aromatic rings. The van der Waals surface area contributed by atoms with Gasteiger partial charge in [0, 0.05) is 26.3 Å². The molecule has 3 atom stereocenters. The molecule has 0 spiro atoms. The van der Waals surface area contributed by atoms with E-state index in [1.54, 1.807) is 0 Å². The summed E-state index contributed by atoms with van der Waals surface area (Å²) in [4.78, 5) is 0. The van der Waals surface area contributed by atoms with Crippen LogP contribution in [0.5, 0.6) is 0 Å². The van der Waals surface area contributed by atoms with Crippen molar-refractivity contribution in [3.05, 3.63) is 47.8 Å². The molecular formula is C19H27N5O. The maximum Gasteiger partial charge on any atom is 0.0997 e. The van der Waals surface area contributed by atoms with Crippen LogP contribution in [0.2, 0.25) is 0 Å². The van der Waals surface area contributed by atoms with Gasteiger partial charge in [-0.3, -0.25) is 0 Å². The molecule has 3 N–H and O–H groups in total. The number of nitrogens with two attached hydrogens (primary N) is 1. The van der Waals surface area contributed by atoms with Crippen molar-refractivity contribution >= 4 is 0 Å². The Labute approximate surface area is 148 Å². The maximum atomic E-state index is 6.45. The van der Waals surface area contributed by atoms with Gasteiger partial charge in [-0.05, 0) is 36.7 Å². The number of nitrogens with zero attached hydrogens (tertiary/aromatic N) is 3. The molecule has 2 aliphatic heterocycles. The zero-order chi connectivity index (χ0) is 17.1. The molecule has 1 unspecified atom stereocenters. The van der Waals surface area contributed by atoms with Crippen LogP contribution in [0.15, 0.2) is 36.5 Å². The van der Waals surface area contributed by atoms with E-state index in [1.165, 1.54) is 5.56 Å². The molecular weight excluding hydrogens is 314 g/mol. The first-order chi connectivity index (χ1) is 12.3. The normalized spacial score (nSPS) is 26.0. The van der Waals surface area contributed by atoms with Gasteiger partial charge in [0.2, 0.25) is 0 Å². The fourth-order valence-corrected chi connectivity index (χ4v) is 4.08. The Balaban J connectivity index is 1.45. The molecule has 2 fully saturated rings. The van der Waals surface area contributed by atoms with Gasteiger partial charge in [-0.2, -0.15) is 0 Å². The SMILES string of the molecule is NC(c1cn([C@@H]2CNC[C@@H]2Cc2ccccc2)nn1)C1CCOCC1. The minimum absolute atomic E-state index is 0.0421. The van der Waals surface area contributed by atoms with Gasteiger partial charge in [-0.1, -0.05) is 35.5 Å². The van der Waals surface area contributed by atoms with Gasteiger partial charge in [0.25, 0.3) is 0 Å². The van der Waals surface area contributed by atoms with Crippen molar-refractivity contribution in [2.75, 3.05) is 26.3 Å². The van der Waals surface area contributed by atoms with E-state index >= 15 is 0 Å². The van der Waals surface area contributed by atoms with E-state index in [1.807, 2.05) is 4.68 Å². The van der Waals surface area contributed by atoms with E-state index in [-0.39, 0.29) is 6.04 Å². The van der Waals surface area contributed by atoms with Crippen molar-refractivity contribution in [3.63, 3.8) is 0 Å². The van der Waals surface area contributed by atoms with Crippen LogP contribution in [0.1, 0.15) is 36.2 Å². The van der Waals surface area contributed by atoms with E-state index in [0.717, 1.165) is 51.3 Å². The lowest BCUT2D eigenvalue weighted by Gasteiger charge is -2.26. The maximum absolute atomic E-state index is 6.45. The molecule has 0 aliphatic carbocycles. The minimum atomic E-state index is -0.0421. The van der Waals surface area contributed by atoms with E-state index in [4.69, 9.17) is 10.5 Å². The summed E-state index contributed by atoms with van der Waals surface area (Å²) in [6, 6.07) is 11.0. The largest absolute Gasteiger partial charge is 0.381 e. The highest BCUT2D eigenvalue weighted by atomic mass is 16.5. The fourth-order valence-electron chi connectivity index (χ4n) is 4.08. The monoisotopic (exact) mass is 341 g/mol. The summed E-state index contributed by atoms with van der Waals surface area (Å²) in [5.41, 5.74) is 8.74. The van der Waals surface area contributed by atoms with Gasteiger partial charge in [-0.25, -0.2) is 4.68 Å². The molecule has 134 valence electrons. The van der Waals surface area contributed by atoms with Crippen molar-refractivity contribution in [1.29, 1.82) is 0 Å². The van der Waals surface area contributed by atoms with Gasteiger partial charge in [0.15, 0.2) is 0 Å². The number of rotatable bonds is 5. The Morgan fingerprint density at radius 1 is 1.20 bits per heavy atom. The predicted molar refractivity (Wildman–Crippen MR) is 96.0 cm³/mol. The highest BCUT2D eigenvalue weighted by molar-refractivity contribution is 5.16. The van der Waals surface area contributed by atoms with Crippen LogP contribution >= 0.6 is 0 Å². The third kappa shape index (κ3) is 3.76. The molecule has 6 nitrogen and oxygen atoms in total. The second-order valence-corrected chi connectivity index (χ2v) is 7.27. The average Bonchev–Trinajstić information content (AvgIpc) is 3.32. The lowest BCUT2D eigenvalue weighted by molar-refractivity contribution is 0.0579. The fraction of sp³-hybridized carbons (Fsp3) is 0.579. The first-order valence-corrected chi connectivity index (χ1v) is 9.31. The minimum Gasteiger partial charge on any atom is -0.381 e. The van der Waals surface area contributed by atoms with E-state index < -0.39 is 0 Å². The van der Waals surface area contributed by atoms with Crippen LogP contribution in [0.3, 0.4) is 0 Å². The van der Waals surface area contributed by atoms with Gasteiger partial charge in [-0.15, -0.1) is 5.10 Å². The molecule has 4 rings (SSSR count). The van der Waals surface area contributed by atoms with Crippen LogP contribution in [0.4, 0.5) is 0 Å². The second-order valence-electron chi connectivity index (χ2n) is 7.27. The Morgan fingerprint density at radius 2 is 2.00 bits per heavy atom. The zero-order valence-electron chi connectivity index (χ0n) is 14.6. The lowest BCUT2D eigenvalue weighted by Crippen LogP contribution is -2.27. The lowest BCUT2D eigenvalue weighted by atomic mass is 9.90. The van der Waals surface area contributed by atoms with Gasteiger partial charge in [0.05, 0.1) is 24.0 Å². The predicted octanol–water partition coefficient (Wildman–Crippen LogP) is 1.71. The van der Waals surface area contributed by atoms with Crippen LogP contribution in [-0.2, 0) is 11.2 Å². The summed E-state index contributed by atoms with van der Waals surface area (Å²) >= 11 is 0. The summed E-state index contributed by atoms with van der Waals surface area (Å²) in [7, 11) is 0. The van der Waals surface area contributed by atoms with Crippen molar-refractivity contribution in [1.82, 2.24) is 20.3 Å². The van der Waals surface area contributed by atoms with Gasteiger partial charge >= 0.3 is 0 Å². The third-order valence-electron chi connectivity index (χ3n) is 5.63. The standard InChI is InChI=1S/C19H27N5O/c20-19(15-6-8-25-9-7-15)17-13-24(23-22-17)18-12-21-11-16(18)10-14-4-2-1-3-5-14/h1-5,13,15-16,18-19,21H,6-12,20H2/t16-,18+,19?/m0/s1. The average molecular weight is 341 g/mol.